The molecule has 1 heterocycles. The smallest absolute Gasteiger partial charge is 0.100 e. The molecule has 1 aromatic rings. The molecule has 0 saturated carbocycles. The summed E-state index contributed by atoms with van der Waals surface area (Å²) in [5.41, 5.74) is 11.8. The molecule has 0 fully saturated rings. The summed E-state index contributed by atoms with van der Waals surface area (Å²) >= 11 is 0. The molecule has 4 nitrogen and oxygen atoms in total. The fourth-order valence-corrected chi connectivity index (χ4v) is 3.83. The lowest BCUT2D eigenvalue weighted by Crippen LogP contribution is -2.24. The van der Waals surface area contributed by atoms with Crippen LogP contribution in [-0.2, 0) is 4.74 Å². The van der Waals surface area contributed by atoms with Crippen molar-refractivity contribution in [3.63, 3.8) is 0 Å². The second-order valence-electron chi connectivity index (χ2n) is 7.81. The lowest BCUT2D eigenvalue weighted by molar-refractivity contribution is 0.268. The van der Waals surface area contributed by atoms with Gasteiger partial charge in [0.15, 0.2) is 0 Å². The van der Waals surface area contributed by atoms with Crippen LogP contribution >= 0.6 is 0 Å². The van der Waals surface area contributed by atoms with E-state index < -0.39 is 0 Å². The van der Waals surface area contributed by atoms with Gasteiger partial charge in [0.1, 0.15) is 5.76 Å². The minimum atomic E-state index is 0.588. The normalized spacial score (nSPS) is 17.3. The number of hydrogen-bond donors (Lipinski definition) is 2. The standard InChI is InChI=1S/C25H37N3O/c1-6-19(2)21(10-9-14-26)16-25(29-5)20(3)18-28(4)15-13-22-17-27-24-12-8-7-11-23(22)24/h7-12,14,22,27H,2,6,13,15-18,26H2,1,3-5H3/b14-9-,21-10+,25-20-. The summed E-state index contributed by atoms with van der Waals surface area (Å²) in [6, 6.07) is 8.65. The van der Waals surface area contributed by atoms with Crippen molar-refractivity contribution in [1.29, 1.82) is 0 Å². The van der Waals surface area contributed by atoms with E-state index in [9.17, 15) is 0 Å². The van der Waals surface area contributed by atoms with Gasteiger partial charge in [0.2, 0.25) is 0 Å². The Morgan fingerprint density at radius 3 is 2.83 bits per heavy atom. The molecule has 0 spiro atoms. The van der Waals surface area contributed by atoms with E-state index in [1.54, 1.807) is 13.3 Å². The average molecular weight is 396 g/mol. The Hall–Kier alpha value is -2.46. The number of nitrogens with two attached hydrogens (primary N) is 1. The third-order valence-corrected chi connectivity index (χ3v) is 5.67. The fraction of sp³-hybridized carbons (Fsp3) is 0.440. The molecular weight excluding hydrogens is 358 g/mol. The van der Waals surface area contributed by atoms with Crippen LogP contribution in [0.3, 0.4) is 0 Å². The van der Waals surface area contributed by atoms with Crippen molar-refractivity contribution < 1.29 is 4.74 Å². The van der Waals surface area contributed by atoms with Gasteiger partial charge in [-0.3, -0.25) is 0 Å². The van der Waals surface area contributed by atoms with Gasteiger partial charge in [-0.2, -0.15) is 0 Å². The van der Waals surface area contributed by atoms with Crippen LogP contribution in [0.5, 0.6) is 0 Å². The second-order valence-corrected chi connectivity index (χ2v) is 7.81. The number of allylic oxidation sites excluding steroid dienone is 4. The maximum Gasteiger partial charge on any atom is 0.100 e. The predicted molar refractivity (Wildman–Crippen MR) is 125 cm³/mol. The number of methoxy groups -OCH3 is 1. The largest absolute Gasteiger partial charge is 0.501 e. The topological polar surface area (TPSA) is 50.5 Å². The first-order chi connectivity index (χ1) is 14.0. The molecule has 0 bridgehead atoms. The lowest BCUT2D eigenvalue weighted by atomic mass is 9.97. The van der Waals surface area contributed by atoms with E-state index in [1.807, 2.05) is 12.2 Å². The van der Waals surface area contributed by atoms with Crippen LogP contribution in [-0.4, -0.2) is 38.7 Å². The van der Waals surface area contributed by atoms with E-state index in [2.05, 4.69) is 62.0 Å². The number of likely N-dealkylation sites (N-methyl/N-ethyl adjacent to an activating group) is 1. The van der Waals surface area contributed by atoms with Crippen LogP contribution in [0.25, 0.3) is 0 Å². The lowest BCUT2D eigenvalue weighted by Gasteiger charge is -2.21. The summed E-state index contributed by atoms with van der Waals surface area (Å²) < 4.78 is 5.75. The van der Waals surface area contributed by atoms with E-state index in [-0.39, 0.29) is 0 Å². The Morgan fingerprint density at radius 1 is 1.38 bits per heavy atom. The number of nitrogens with one attached hydrogen (secondary N) is 1. The monoisotopic (exact) mass is 395 g/mol. The van der Waals surface area contributed by atoms with Crippen molar-refractivity contribution in [2.75, 3.05) is 39.1 Å². The van der Waals surface area contributed by atoms with Gasteiger partial charge >= 0.3 is 0 Å². The zero-order valence-corrected chi connectivity index (χ0v) is 18.5. The SMILES string of the molecule is C=C(CC)/C(=C/C=C\N)C/C(OC)=C(\C)CN(C)CCC1CNc2ccccc21. The first-order valence-electron chi connectivity index (χ1n) is 10.5. The summed E-state index contributed by atoms with van der Waals surface area (Å²) in [5, 5.41) is 3.52. The maximum atomic E-state index is 5.75. The first kappa shape index (κ1) is 22.8. The predicted octanol–water partition coefficient (Wildman–Crippen LogP) is 5.19. The zero-order chi connectivity index (χ0) is 21.2. The highest BCUT2D eigenvalue weighted by atomic mass is 16.5. The van der Waals surface area contributed by atoms with E-state index in [4.69, 9.17) is 10.5 Å². The molecule has 1 atom stereocenters. The fourth-order valence-electron chi connectivity index (χ4n) is 3.83. The van der Waals surface area contributed by atoms with Crippen molar-refractivity contribution in [2.45, 2.75) is 39.0 Å². The van der Waals surface area contributed by atoms with Gasteiger partial charge < -0.3 is 20.7 Å². The van der Waals surface area contributed by atoms with Gasteiger partial charge in [-0.05, 0) is 68.4 Å². The zero-order valence-electron chi connectivity index (χ0n) is 18.5. The third kappa shape index (κ3) is 6.53. The number of benzene rings is 1. The van der Waals surface area contributed by atoms with E-state index in [0.29, 0.717) is 5.92 Å². The number of nitrogens with zero attached hydrogens (tertiary/aromatic N) is 1. The molecule has 1 unspecified atom stereocenters. The van der Waals surface area contributed by atoms with E-state index >= 15 is 0 Å². The number of ether oxygens (including phenoxy) is 1. The highest BCUT2D eigenvalue weighted by Crippen LogP contribution is 2.33. The van der Waals surface area contributed by atoms with Crippen LogP contribution in [0.1, 0.15) is 44.6 Å². The number of anilines is 1. The van der Waals surface area contributed by atoms with Gasteiger partial charge in [0.25, 0.3) is 0 Å². The second kappa shape index (κ2) is 11.5. The summed E-state index contributed by atoms with van der Waals surface area (Å²) in [6.45, 7) is 11.4. The molecule has 29 heavy (non-hydrogen) atoms. The minimum Gasteiger partial charge on any atom is -0.501 e. The molecule has 1 aliphatic rings. The molecule has 0 amide bonds. The van der Waals surface area contributed by atoms with E-state index in [0.717, 1.165) is 50.2 Å². The number of fused-ring (bicyclic) bond motifs is 1. The third-order valence-electron chi connectivity index (χ3n) is 5.67. The minimum absolute atomic E-state index is 0.588. The first-order valence-corrected chi connectivity index (χ1v) is 10.5. The molecule has 0 aromatic heterocycles. The summed E-state index contributed by atoms with van der Waals surface area (Å²) in [7, 11) is 3.94. The van der Waals surface area contributed by atoms with Gasteiger partial charge in [0, 0.05) is 31.1 Å². The molecule has 158 valence electrons. The van der Waals surface area contributed by atoms with Gasteiger partial charge in [-0.1, -0.05) is 43.4 Å². The highest BCUT2D eigenvalue weighted by Gasteiger charge is 2.21. The van der Waals surface area contributed by atoms with E-state index in [1.165, 1.54) is 22.4 Å². The molecule has 1 aromatic carbocycles. The van der Waals surface area contributed by atoms with Crippen molar-refractivity contribution in [1.82, 2.24) is 4.90 Å². The van der Waals surface area contributed by atoms with Gasteiger partial charge in [-0.25, -0.2) is 0 Å². The highest BCUT2D eigenvalue weighted by molar-refractivity contribution is 5.57. The molecule has 4 heteroatoms. The molecule has 1 aliphatic heterocycles. The molecule has 2 rings (SSSR count). The molecule has 0 saturated heterocycles. The van der Waals surface area contributed by atoms with Crippen molar-refractivity contribution in [3.8, 4) is 0 Å². The van der Waals surface area contributed by atoms with Crippen molar-refractivity contribution in [2.24, 2.45) is 5.73 Å². The Bertz CT molecular complexity index is 776. The molecule has 3 N–H and O–H groups in total. The molecule has 0 aliphatic carbocycles. The number of rotatable bonds is 11. The molecular formula is C25H37N3O. The Balaban J connectivity index is 1.97. The number of hydrogen-bond acceptors (Lipinski definition) is 4. The van der Waals surface area contributed by atoms with Crippen LogP contribution < -0.4 is 11.1 Å². The van der Waals surface area contributed by atoms with Crippen molar-refractivity contribution >= 4 is 5.69 Å². The van der Waals surface area contributed by atoms with Gasteiger partial charge in [0.05, 0.1) is 7.11 Å². The quantitative estimate of drug-likeness (QED) is 0.400. The van der Waals surface area contributed by atoms with Crippen LogP contribution in [0, 0.1) is 0 Å². The van der Waals surface area contributed by atoms with Gasteiger partial charge in [-0.15, -0.1) is 0 Å². The molecule has 0 radical (unpaired) electrons. The summed E-state index contributed by atoms with van der Waals surface area (Å²) in [5.74, 6) is 1.60. The maximum absolute atomic E-state index is 5.75. The summed E-state index contributed by atoms with van der Waals surface area (Å²) in [4.78, 5) is 2.38. The Labute approximate surface area is 176 Å². The van der Waals surface area contributed by atoms with Crippen LogP contribution in [0.4, 0.5) is 5.69 Å². The average Bonchev–Trinajstić information content (AvgIpc) is 3.15. The Kier molecular flexibility index (Phi) is 9.07. The van der Waals surface area contributed by atoms with Crippen LogP contribution in [0.2, 0.25) is 0 Å². The van der Waals surface area contributed by atoms with Crippen molar-refractivity contribution in [3.05, 3.63) is 77.2 Å². The summed E-state index contributed by atoms with van der Waals surface area (Å²) in [6.07, 6.45) is 8.25. The Morgan fingerprint density at radius 2 is 2.14 bits per heavy atom. The number of para-hydroxylation sites is 1. The van der Waals surface area contributed by atoms with Crippen LogP contribution in [0.15, 0.2) is 71.7 Å².